The Morgan fingerprint density at radius 3 is 2.60 bits per heavy atom. The van der Waals surface area contributed by atoms with Crippen LogP contribution in [0.3, 0.4) is 0 Å². The molecule has 2 aromatic carbocycles. The minimum absolute atomic E-state index is 0.0784. The van der Waals surface area contributed by atoms with E-state index in [1.165, 1.54) is 11.8 Å². The van der Waals surface area contributed by atoms with Crippen LogP contribution in [-0.4, -0.2) is 16.6 Å². The molecule has 25 heavy (non-hydrogen) atoms. The van der Waals surface area contributed by atoms with Gasteiger partial charge >= 0.3 is 0 Å². The fourth-order valence-electron chi connectivity index (χ4n) is 2.22. The molecule has 126 valence electrons. The number of amides is 1. The highest BCUT2D eigenvalue weighted by atomic mass is 32.2. The molecule has 1 heterocycles. The van der Waals surface area contributed by atoms with Crippen LogP contribution in [0.15, 0.2) is 78.0 Å². The van der Waals surface area contributed by atoms with Gasteiger partial charge in [0.05, 0.1) is 11.4 Å². The molecule has 4 nitrogen and oxygen atoms in total. The Balaban J connectivity index is 1.68. The summed E-state index contributed by atoms with van der Waals surface area (Å²) in [5.74, 6) is 1.60. The smallest absolute Gasteiger partial charge is 0.234 e. The number of carbonyl (C=O) groups excluding carboxylic acids is 1. The standard InChI is InChI=1S/C20H18N2O2S/c1-15-7-8-19(24-16-5-3-2-4-6-16)18(13-15)22-20(23)14-25-17-9-11-21-12-10-17/h2-13H,14H2,1H3,(H,22,23). The zero-order valence-corrected chi connectivity index (χ0v) is 14.6. The third kappa shape index (κ3) is 5.09. The summed E-state index contributed by atoms with van der Waals surface area (Å²) in [4.78, 5) is 17.3. The van der Waals surface area contributed by atoms with Crippen molar-refractivity contribution in [2.75, 3.05) is 11.1 Å². The topological polar surface area (TPSA) is 51.2 Å². The summed E-state index contributed by atoms with van der Waals surface area (Å²) in [5.41, 5.74) is 1.72. The van der Waals surface area contributed by atoms with Gasteiger partial charge in [0.25, 0.3) is 0 Å². The maximum Gasteiger partial charge on any atom is 0.234 e. The van der Waals surface area contributed by atoms with Crippen molar-refractivity contribution in [2.45, 2.75) is 11.8 Å². The van der Waals surface area contributed by atoms with E-state index in [9.17, 15) is 4.79 Å². The van der Waals surface area contributed by atoms with E-state index in [1.807, 2.05) is 67.6 Å². The minimum atomic E-state index is -0.0784. The third-order valence-electron chi connectivity index (χ3n) is 3.40. The summed E-state index contributed by atoms with van der Waals surface area (Å²) in [5, 5.41) is 2.94. The number of aromatic nitrogens is 1. The van der Waals surface area contributed by atoms with E-state index < -0.39 is 0 Å². The lowest BCUT2D eigenvalue weighted by Gasteiger charge is -2.13. The molecule has 0 atom stereocenters. The Kier molecular flexibility index (Phi) is 5.69. The molecule has 1 aromatic heterocycles. The second-order valence-corrected chi connectivity index (χ2v) is 6.48. The number of thioether (sulfide) groups is 1. The predicted octanol–water partition coefficient (Wildman–Crippen LogP) is 4.91. The molecular formula is C20H18N2O2S. The first-order valence-corrected chi connectivity index (χ1v) is 8.85. The van der Waals surface area contributed by atoms with Crippen LogP contribution in [-0.2, 0) is 4.79 Å². The molecule has 0 bridgehead atoms. The first-order valence-electron chi connectivity index (χ1n) is 7.87. The van der Waals surface area contributed by atoms with Crippen LogP contribution in [0.2, 0.25) is 0 Å². The monoisotopic (exact) mass is 350 g/mol. The lowest BCUT2D eigenvalue weighted by Crippen LogP contribution is -2.14. The number of pyridine rings is 1. The van der Waals surface area contributed by atoms with Crippen molar-refractivity contribution in [3.05, 3.63) is 78.6 Å². The number of benzene rings is 2. The number of rotatable bonds is 6. The minimum Gasteiger partial charge on any atom is -0.455 e. The van der Waals surface area contributed by atoms with Crippen molar-refractivity contribution in [1.29, 1.82) is 0 Å². The summed E-state index contributed by atoms with van der Waals surface area (Å²) in [6.45, 7) is 1.98. The van der Waals surface area contributed by atoms with Gasteiger partial charge in [0.2, 0.25) is 5.91 Å². The first-order chi connectivity index (χ1) is 12.2. The van der Waals surface area contributed by atoms with Crippen LogP contribution in [0.25, 0.3) is 0 Å². The van der Waals surface area contributed by atoms with Crippen LogP contribution < -0.4 is 10.1 Å². The highest BCUT2D eigenvalue weighted by Gasteiger charge is 2.10. The number of nitrogens with zero attached hydrogens (tertiary/aromatic N) is 1. The molecule has 0 aliphatic carbocycles. The Morgan fingerprint density at radius 2 is 1.84 bits per heavy atom. The highest BCUT2D eigenvalue weighted by Crippen LogP contribution is 2.30. The van der Waals surface area contributed by atoms with Gasteiger partial charge in [-0.1, -0.05) is 24.3 Å². The van der Waals surface area contributed by atoms with Gasteiger partial charge in [-0.15, -0.1) is 11.8 Å². The van der Waals surface area contributed by atoms with Crippen LogP contribution in [0.5, 0.6) is 11.5 Å². The summed E-state index contributed by atoms with van der Waals surface area (Å²) in [6.07, 6.45) is 3.43. The van der Waals surface area contributed by atoms with Crippen LogP contribution >= 0.6 is 11.8 Å². The van der Waals surface area contributed by atoms with Gasteiger partial charge in [0.15, 0.2) is 5.75 Å². The van der Waals surface area contributed by atoms with Gasteiger partial charge < -0.3 is 10.1 Å². The fourth-order valence-corrected chi connectivity index (χ4v) is 2.90. The zero-order valence-electron chi connectivity index (χ0n) is 13.8. The molecular weight excluding hydrogens is 332 g/mol. The average Bonchev–Trinajstić information content (AvgIpc) is 2.64. The summed E-state index contributed by atoms with van der Waals surface area (Å²) in [6, 6.07) is 19.0. The van der Waals surface area contributed by atoms with Gasteiger partial charge in [0, 0.05) is 17.3 Å². The quantitative estimate of drug-likeness (QED) is 0.642. The number of aryl methyl sites for hydroxylation is 1. The van der Waals surface area contributed by atoms with Crippen molar-refractivity contribution >= 4 is 23.4 Å². The summed E-state index contributed by atoms with van der Waals surface area (Å²) in [7, 11) is 0. The Bertz CT molecular complexity index is 839. The van der Waals surface area contributed by atoms with Crippen molar-refractivity contribution in [3.8, 4) is 11.5 Å². The second-order valence-electron chi connectivity index (χ2n) is 5.43. The van der Waals surface area contributed by atoms with Crippen LogP contribution in [0.4, 0.5) is 5.69 Å². The molecule has 0 fully saturated rings. The highest BCUT2D eigenvalue weighted by molar-refractivity contribution is 8.00. The number of carbonyl (C=O) groups is 1. The molecule has 1 amide bonds. The first kappa shape index (κ1) is 17.0. The Labute approximate surface area is 151 Å². The van der Waals surface area contributed by atoms with E-state index in [1.54, 1.807) is 12.4 Å². The number of hydrogen-bond acceptors (Lipinski definition) is 4. The van der Waals surface area contributed by atoms with Gasteiger partial charge in [0.1, 0.15) is 5.75 Å². The average molecular weight is 350 g/mol. The molecule has 1 N–H and O–H groups in total. The molecule has 0 unspecified atom stereocenters. The third-order valence-corrected chi connectivity index (χ3v) is 4.41. The maximum atomic E-state index is 12.3. The Morgan fingerprint density at radius 1 is 1.08 bits per heavy atom. The molecule has 0 spiro atoms. The van der Waals surface area contributed by atoms with Gasteiger partial charge in [-0.3, -0.25) is 9.78 Å². The molecule has 0 saturated carbocycles. The molecule has 0 radical (unpaired) electrons. The molecule has 0 aliphatic heterocycles. The predicted molar refractivity (Wildman–Crippen MR) is 101 cm³/mol. The number of anilines is 1. The number of ether oxygens (including phenoxy) is 1. The Hall–Kier alpha value is -2.79. The van der Waals surface area contributed by atoms with Crippen LogP contribution in [0.1, 0.15) is 5.56 Å². The van der Waals surface area contributed by atoms with E-state index in [0.29, 0.717) is 17.2 Å². The molecule has 5 heteroatoms. The van der Waals surface area contributed by atoms with E-state index in [0.717, 1.165) is 16.2 Å². The van der Waals surface area contributed by atoms with Crippen molar-refractivity contribution in [1.82, 2.24) is 4.98 Å². The van der Waals surface area contributed by atoms with E-state index in [2.05, 4.69) is 10.3 Å². The molecule has 3 rings (SSSR count). The molecule has 3 aromatic rings. The number of hydrogen-bond donors (Lipinski definition) is 1. The largest absolute Gasteiger partial charge is 0.455 e. The van der Waals surface area contributed by atoms with Crippen LogP contribution in [0, 0.1) is 6.92 Å². The molecule has 0 saturated heterocycles. The SMILES string of the molecule is Cc1ccc(Oc2ccccc2)c(NC(=O)CSc2ccncc2)c1. The van der Waals surface area contributed by atoms with Gasteiger partial charge in [-0.2, -0.15) is 0 Å². The van der Waals surface area contributed by atoms with Crippen molar-refractivity contribution < 1.29 is 9.53 Å². The van der Waals surface area contributed by atoms with E-state index in [-0.39, 0.29) is 5.91 Å². The number of para-hydroxylation sites is 1. The summed E-state index contributed by atoms with van der Waals surface area (Å²) >= 11 is 1.47. The van der Waals surface area contributed by atoms with E-state index >= 15 is 0 Å². The molecule has 0 aliphatic rings. The normalized spacial score (nSPS) is 10.3. The zero-order chi connectivity index (χ0) is 17.5. The van der Waals surface area contributed by atoms with E-state index in [4.69, 9.17) is 4.74 Å². The fraction of sp³-hybridized carbons (Fsp3) is 0.100. The lowest BCUT2D eigenvalue weighted by molar-refractivity contribution is -0.113. The lowest BCUT2D eigenvalue weighted by atomic mass is 10.2. The van der Waals surface area contributed by atoms with Crippen molar-refractivity contribution in [2.24, 2.45) is 0 Å². The maximum absolute atomic E-state index is 12.3. The number of nitrogens with one attached hydrogen (secondary N) is 1. The van der Waals surface area contributed by atoms with Crippen molar-refractivity contribution in [3.63, 3.8) is 0 Å². The summed E-state index contributed by atoms with van der Waals surface area (Å²) < 4.78 is 5.90. The van der Waals surface area contributed by atoms with Gasteiger partial charge in [-0.25, -0.2) is 0 Å². The second kappa shape index (κ2) is 8.35. The van der Waals surface area contributed by atoms with Gasteiger partial charge in [-0.05, 0) is 48.9 Å².